The van der Waals surface area contributed by atoms with Gasteiger partial charge in [0, 0.05) is 18.0 Å². The SMILES string of the molecule is Cc1cnc(CNC(=O)c2cnc(N)nc2-c2ccccc2)cn1. The maximum Gasteiger partial charge on any atom is 0.255 e. The Kier molecular flexibility index (Phi) is 4.42. The molecule has 120 valence electrons. The Morgan fingerprint density at radius 2 is 1.88 bits per heavy atom. The van der Waals surface area contributed by atoms with Crippen LogP contribution in [0.1, 0.15) is 21.7 Å². The van der Waals surface area contributed by atoms with Crippen molar-refractivity contribution in [2.45, 2.75) is 13.5 Å². The van der Waals surface area contributed by atoms with E-state index in [2.05, 4.69) is 25.3 Å². The number of anilines is 1. The summed E-state index contributed by atoms with van der Waals surface area (Å²) in [5.41, 5.74) is 8.82. The van der Waals surface area contributed by atoms with Crippen molar-refractivity contribution in [3.05, 3.63) is 65.9 Å². The highest BCUT2D eigenvalue weighted by molar-refractivity contribution is 5.99. The van der Waals surface area contributed by atoms with E-state index in [0.29, 0.717) is 17.0 Å². The summed E-state index contributed by atoms with van der Waals surface area (Å²) in [7, 11) is 0. The number of nitrogen functional groups attached to an aromatic ring is 1. The molecule has 1 aromatic carbocycles. The Morgan fingerprint density at radius 3 is 2.58 bits per heavy atom. The highest BCUT2D eigenvalue weighted by Gasteiger charge is 2.15. The van der Waals surface area contributed by atoms with E-state index in [1.54, 1.807) is 12.4 Å². The topological polar surface area (TPSA) is 107 Å². The second-order valence-electron chi connectivity index (χ2n) is 5.19. The molecule has 3 rings (SSSR count). The quantitative estimate of drug-likeness (QED) is 0.758. The van der Waals surface area contributed by atoms with Crippen LogP contribution in [0.2, 0.25) is 0 Å². The third-order valence-corrected chi connectivity index (χ3v) is 3.36. The molecule has 0 atom stereocenters. The van der Waals surface area contributed by atoms with Gasteiger partial charge in [-0.25, -0.2) is 9.97 Å². The van der Waals surface area contributed by atoms with Gasteiger partial charge in [0.1, 0.15) is 0 Å². The Labute approximate surface area is 139 Å². The summed E-state index contributed by atoms with van der Waals surface area (Å²) in [5, 5.41) is 2.80. The van der Waals surface area contributed by atoms with Crippen LogP contribution in [-0.2, 0) is 6.54 Å². The van der Waals surface area contributed by atoms with E-state index < -0.39 is 0 Å². The average molecular weight is 320 g/mol. The van der Waals surface area contributed by atoms with Gasteiger partial charge in [0.15, 0.2) is 0 Å². The van der Waals surface area contributed by atoms with E-state index in [1.807, 2.05) is 37.3 Å². The monoisotopic (exact) mass is 320 g/mol. The number of nitrogens with two attached hydrogens (primary N) is 1. The molecule has 3 N–H and O–H groups in total. The van der Waals surface area contributed by atoms with Crippen molar-refractivity contribution in [1.82, 2.24) is 25.3 Å². The standard InChI is InChI=1S/C17H16N6O/c1-11-7-20-13(8-19-11)9-21-16(24)14-10-22-17(18)23-15(14)12-5-3-2-4-6-12/h2-8,10H,9H2,1H3,(H,21,24)(H2,18,22,23). The van der Waals surface area contributed by atoms with Crippen molar-refractivity contribution < 1.29 is 4.79 Å². The van der Waals surface area contributed by atoms with Crippen LogP contribution in [0.15, 0.2) is 48.9 Å². The Morgan fingerprint density at radius 1 is 1.08 bits per heavy atom. The van der Waals surface area contributed by atoms with E-state index in [0.717, 1.165) is 11.3 Å². The minimum atomic E-state index is -0.295. The lowest BCUT2D eigenvalue weighted by atomic mass is 10.1. The molecule has 0 unspecified atom stereocenters. The third-order valence-electron chi connectivity index (χ3n) is 3.36. The minimum Gasteiger partial charge on any atom is -0.368 e. The van der Waals surface area contributed by atoms with Gasteiger partial charge in [-0.1, -0.05) is 30.3 Å². The van der Waals surface area contributed by atoms with E-state index in [9.17, 15) is 4.79 Å². The Bertz CT molecular complexity index is 849. The average Bonchev–Trinajstić information content (AvgIpc) is 2.61. The van der Waals surface area contributed by atoms with Crippen molar-refractivity contribution in [1.29, 1.82) is 0 Å². The summed E-state index contributed by atoms with van der Waals surface area (Å²) in [6, 6.07) is 9.37. The van der Waals surface area contributed by atoms with Gasteiger partial charge in [-0.2, -0.15) is 0 Å². The Hall–Kier alpha value is -3.35. The molecule has 7 heteroatoms. The summed E-state index contributed by atoms with van der Waals surface area (Å²) >= 11 is 0. The molecule has 0 bridgehead atoms. The van der Waals surface area contributed by atoms with Crippen LogP contribution in [0, 0.1) is 6.92 Å². The third kappa shape index (κ3) is 3.52. The van der Waals surface area contributed by atoms with Gasteiger partial charge < -0.3 is 11.1 Å². The smallest absolute Gasteiger partial charge is 0.255 e. The first-order chi connectivity index (χ1) is 11.6. The van der Waals surface area contributed by atoms with Crippen LogP contribution in [-0.4, -0.2) is 25.8 Å². The first kappa shape index (κ1) is 15.5. The highest BCUT2D eigenvalue weighted by atomic mass is 16.1. The molecule has 2 heterocycles. The van der Waals surface area contributed by atoms with Gasteiger partial charge in [-0.05, 0) is 6.92 Å². The van der Waals surface area contributed by atoms with Crippen molar-refractivity contribution in [3.8, 4) is 11.3 Å². The zero-order valence-corrected chi connectivity index (χ0v) is 13.1. The molecule has 0 spiro atoms. The predicted molar refractivity (Wildman–Crippen MR) is 89.8 cm³/mol. The molecular weight excluding hydrogens is 304 g/mol. The second kappa shape index (κ2) is 6.82. The number of hydrogen-bond acceptors (Lipinski definition) is 6. The number of aryl methyl sites for hydroxylation is 1. The van der Waals surface area contributed by atoms with Crippen LogP contribution in [0.4, 0.5) is 5.95 Å². The van der Waals surface area contributed by atoms with Crippen LogP contribution < -0.4 is 11.1 Å². The fourth-order valence-electron chi connectivity index (χ4n) is 2.15. The zero-order valence-electron chi connectivity index (χ0n) is 13.1. The lowest BCUT2D eigenvalue weighted by Gasteiger charge is -2.09. The summed E-state index contributed by atoms with van der Waals surface area (Å²) < 4.78 is 0. The van der Waals surface area contributed by atoms with Crippen molar-refractivity contribution in [2.24, 2.45) is 0 Å². The number of carbonyl (C=O) groups excluding carboxylic acids is 1. The lowest BCUT2D eigenvalue weighted by Crippen LogP contribution is -2.24. The summed E-state index contributed by atoms with van der Waals surface area (Å²) in [6.45, 7) is 2.12. The van der Waals surface area contributed by atoms with E-state index in [1.165, 1.54) is 6.20 Å². The number of nitrogens with zero attached hydrogens (tertiary/aromatic N) is 4. The van der Waals surface area contributed by atoms with E-state index >= 15 is 0 Å². The largest absolute Gasteiger partial charge is 0.368 e. The first-order valence-electron chi connectivity index (χ1n) is 7.37. The first-order valence-corrected chi connectivity index (χ1v) is 7.37. The van der Waals surface area contributed by atoms with E-state index in [-0.39, 0.29) is 18.4 Å². The molecule has 2 aromatic heterocycles. The maximum atomic E-state index is 12.5. The number of amides is 1. The fourth-order valence-corrected chi connectivity index (χ4v) is 2.15. The van der Waals surface area contributed by atoms with E-state index in [4.69, 9.17) is 5.73 Å². The normalized spacial score (nSPS) is 10.4. The second-order valence-corrected chi connectivity index (χ2v) is 5.19. The molecule has 0 aliphatic carbocycles. The number of aromatic nitrogens is 4. The molecule has 24 heavy (non-hydrogen) atoms. The maximum absolute atomic E-state index is 12.5. The van der Waals surface area contributed by atoms with Gasteiger partial charge in [-0.3, -0.25) is 14.8 Å². The van der Waals surface area contributed by atoms with Crippen LogP contribution in [0.3, 0.4) is 0 Å². The predicted octanol–water partition coefficient (Wildman–Crippen LogP) is 1.75. The van der Waals surface area contributed by atoms with Crippen molar-refractivity contribution >= 4 is 11.9 Å². The van der Waals surface area contributed by atoms with Crippen molar-refractivity contribution in [3.63, 3.8) is 0 Å². The lowest BCUT2D eigenvalue weighted by molar-refractivity contribution is 0.0950. The molecule has 7 nitrogen and oxygen atoms in total. The molecule has 0 aliphatic heterocycles. The van der Waals surface area contributed by atoms with Crippen LogP contribution in [0.25, 0.3) is 11.3 Å². The molecule has 0 fully saturated rings. The van der Waals surface area contributed by atoms with Crippen LogP contribution in [0.5, 0.6) is 0 Å². The minimum absolute atomic E-state index is 0.120. The number of rotatable bonds is 4. The molecule has 0 saturated heterocycles. The molecule has 3 aromatic rings. The van der Waals surface area contributed by atoms with Gasteiger partial charge in [0.2, 0.25) is 5.95 Å². The number of carbonyl (C=O) groups is 1. The highest BCUT2D eigenvalue weighted by Crippen LogP contribution is 2.21. The van der Waals surface area contributed by atoms with Gasteiger partial charge >= 0.3 is 0 Å². The molecule has 1 amide bonds. The number of benzene rings is 1. The molecule has 0 saturated carbocycles. The van der Waals surface area contributed by atoms with Gasteiger partial charge in [0.25, 0.3) is 5.91 Å². The van der Waals surface area contributed by atoms with Gasteiger partial charge in [-0.15, -0.1) is 0 Å². The fraction of sp³-hybridized carbons (Fsp3) is 0.118. The number of hydrogen-bond donors (Lipinski definition) is 2. The summed E-state index contributed by atoms with van der Waals surface area (Å²) in [4.78, 5) is 29.0. The zero-order chi connectivity index (χ0) is 16.9. The molecular formula is C17H16N6O. The van der Waals surface area contributed by atoms with Crippen LogP contribution >= 0.6 is 0 Å². The van der Waals surface area contributed by atoms with Gasteiger partial charge in [0.05, 0.1) is 35.4 Å². The summed E-state index contributed by atoms with van der Waals surface area (Å²) in [5.74, 6) is -0.175. The molecule has 0 radical (unpaired) electrons. The number of nitrogens with one attached hydrogen (secondary N) is 1. The van der Waals surface area contributed by atoms with Crippen molar-refractivity contribution in [2.75, 3.05) is 5.73 Å². The Balaban J connectivity index is 1.83. The summed E-state index contributed by atoms with van der Waals surface area (Å²) in [6.07, 6.45) is 4.72. The molecule has 0 aliphatic rings.